The van der Waals surface area contributed by atoms with Crippen molar-refractivity contribution in [3.8, 4) is 5.75 Å². The predicted octanol–water partition coefficient (Wildman–Crippen LogP) is 2.58. The third-order valence-electron chi connectivity index (χ3n) is 3.46. The van der Waals surface area contributed by atoms with Crippen molar-refractivity contribution >= 4 is 6.09 Å². The molecular weight excluding hydrogens is 287 g/mol. The number of aromatic hydroxyl groups is 1. The maximum Gasteiger partial charge on any atom is 0.410 e. The molecule has 122 valence electrons. The monoisotopic (exact) mass is 310 g/mol. The topological polar surface area (TPSA) is 53.0 Å². The molecule has 0 bridgehead atoms. The first-order valence-corrected chi connectivity index (χ1v) is 7.42. The summed E-state index contributed by atoms with van der Waals surface area (Å²) in [5, 5.41) is 9.76. The van der Waals surface area contributed by atoms with Gasteiger partial charge in [-0.05, 0) is 39.0 Å². The average Bonchev–Trinajstić information content (AvgIpc) is 2.42. The van der Waals surface area contributed by atoms with Crippen LogP contribution in [0.2, 0.25) is 0 Å². The number of phenols is 1. The van der Waals surface area contributed by atoms with Gasteiger partial charge in [0.05, 0.1) is 0 Å². The number of carbonyl (C=O) groups is 1. The molecule has 0 aliphatic carbocycles. The Morgan fingerprint density at radius 2 is 1.91 bits per heavy atom. The van der Waals surface area contributed by atoms with Crippen LogP contribution in [0.5, 0.6) is 5.75 Å². The van der Waals surface area contributed by atoms with E-state index >= 15 is 0 Å². The average molecular weight is 310 g/mol. The van der Waals surface area contributed by atoms with E-state index in [0.717, 1.165) is 0 Å². The lowest BCUT2D eigenvalue weighted by Gasteiger charge is -2.35. The summed E-state index contributed by atoms with van der Waals surface area (Å²) in [7, 11) is 0. The molecule has 1 aromatic carbocycles. The summed E-state index contributed by atoms with van der Waals surface area (Å²) < 4.78 is 18.6. The zero-order valence-electron chi connectivity index (χ0n) is 13.3. The van der Waals surface area contributed by atoms with E-state index in [1.165, 1.54) is 18.2 Å². The van der Waals surface area contributed by atoms with Crippen LogP contribution in [0.3, 0.4) is 0 Å². The summed E-state index contributed by atoms with van der Waals surface area (Å²) in [6, 6.07) is 3.94. The molecule has 22 heavy (non-hydrogen) atoms. The maximum atomic E-state index is 13.2. The molecule has 1 aliphatic rings. The lowest BCUT2D eigenvalue weighted by Crippen LogP contribution is -2.49. The molecule has 1 saturated heterocycles. The summed E-state index contributed by atoms with van der Waals surface area (Å²) in [4.78, 5) is 15.7. The number of amides is 1. The highest BCUT2D eigenvalue weighted by Gasteiger charge is 2.26. The van der Waals surface area contributed by atoms with Crippen LogP contribution in [0.4, 0.5) is 9.18 Å². The van der Waals surface area contributed by atoms with Crippen molar-refractivity contribution in [1.82, 2.24) is 9.80 Å². The molecular formula is C16H23FN2O3. The molecule has 1 amide bonds. The summed E-state index contributed by atoms with van der Waals surface area (Å²) >= 11 is 0. The number of piperazine rings is 1. The predicted molar refractivity (Wildman–Crippen MR) is 81.1 cm³/mol. The first-order chi connectivity index (χ1) is 10.2. The number of ether oxygens (including phenoxy) is 1. The Kier molecular flexibility index (Phi) is 4.90. The SMILES string of the molecule is CC(C)(C)OC(=O)N1CCN(Cc2cc(F)ccc2O)CC1. The Morgan fingerprint density at radius 3 is 2.50 bits per heavy atom. The quantitative estimate of drug-likeness (QED) is 0.912. The van der Waals surface area contributed by atoms with Crippen molar-refractivity contribution in [2.24, 2.45) is 0 Å². The van der Waals surface area contributed by atoms with Gasteiger partial charge in [0, 0.05) is 38.3 Å². The highest BCUT2D eigenvalue weighted by atomic mass is 19.1. The molecule has 0 atom stereocenters. The fourth-order valence-electron chi connectivity index (χ4n) is 2.34. The second-order valence-electron chi connectivity index (χ2n) is 6.52. The van der Waals surface area contributed by atoms with E-state index in [9.17, 15) is 14.3 Å². The van der Waals surface area contributed by atoms with Gasteiger partial charge in [0.1, 0.15) is 17.2 Å². The van der Waals surface area contributed by atoms with E-state index in [0.29, 0.717) is 38.3 Å². The van der Waals surface area contributed by atoms with Gasteiger partial charge in [-0.2, -0.15) is 0 Å². The Labute approximate surface area is 130 Å². The second-order valence-corrected chi connectivity index (χ2v) is 6.52. The number of benzene rings is 1. The van der Waals surface area contributed by atoms with Gasteiger partial charge >= 0.3 is 6.09 Å². The number of rotatable bonds is 2. The standard InChI is InChI=1S/C16H23FN2O3/c1-16(2,3)22-15(21)19-8-6-18(7-9-19)11-12-10-13(17)4-5-14(12)20/h4-5,10,20H,6-9,11H2,1-3H3. The van der Waals surface area contributed by atoms with Crippen LogP contribution in [-0.4, -0.2) is 52.8 Å². The van der Waals surface area contributed by atoms with Crippen LogP contribution >= 0.6 is 0 Å². The van der Waals surface area contributed by atoms with Crippen molar-refractivity contribution < 1.29 is 19.0 Å². The van der Waals surface area contributed by atoms with E-state index in [1.807, 2.05) is 20.8 Å². The molecule has 0 unspecified atom stereocenters. The summed E-state index contributed by atoms with van der Waals surface area (Å²) in [6.07, 6.45) is -0.305. The second kappa shape index (κ2) is 6.52. The number of hydrogen-bond donors (Lipinski definition) is 1. The zero-order valence-corrected chi connectivity index (χ0v) is 13.3. The number of halogens is 1. The molecule has 1 fully saturated rings. The third kappa shape index (κ3) is 4.59. The minimum atomic E-state index is -0.498. The van der Waals surface area contributed by atoms with Gasteiger partial charge in [-0.1, -0.05) is 0 Å². The third-order valence-corrected chi connectivity index (χ3v) is 3.46. The fourth-order valence-corrected chi connectivity index (χ4v) is 2.34. The molecule has 1 aromatic rings. The van der Waals surface area contributed by atoms with E-state index in [2.05, 4.69) is 4.90 Å². The van der Waals surface area contributed by atoms with Gasteiger partial charge in [0.2, 0.25) is 0 Å². The Hall–Kier alpha value is -1.82. The van der Waals surface area contributed by atoms with Gasteiger partial charge in [-0.3, -0.25) is 4.90 Å². The van der Waals surface area contributed by atoms with Gasteiger partial charge < -0.3 is 14.7 Å². The summed E-state index contributed by atoms with van der Waals surface area (Å²) in [5.74, 6) is -0.267. The van der Waals surface area contributed by atoms with Crippen LogP contribution in [0.25, 0.3) is 0 Å². The van der Waals surface area contributed by atoms with Gasteiger partial charge in [-0.15, -0.1) is 0 Å². The van der Waals surface area contributed by atoms with Crippen LogP contribution in [-0.2, 0) is 11.3 Å². The van der Waals surface area contributed by atoms with Crippen molar-refractivity contribution in [2.45, 2.75) is 32.9 Å². The Balaban J connectivity index is 1.87. The van der Waals surface area contributed by atoms with Crippen molar-refractivity contribution in [1.29, 1.82) is 0 Å². The molecule has 6 heteroatoms. The fraction of sp³-hybridized carbons (Fsp3) is 0.562. The van der Waals surface area contributed by atoms with E-state index in [-0.39, 0.29) is 17.7 Å². The molecule has 1 N–H and O–H groups in total. The van der Waals surface area contributed by atoms with Crippen molar-refractivity contribution in [3.05, 3.63) is 29.6 Å². The first kappa shape index (κ1) is 16.5. The maximum absolute atomic E-state index is 13.2. The molecule has 5 nitrogen and oxygen atoms in total. The molecule has 2 rings (SSSR count). The molecule has 0 aromatic heterocycles. The molecule has 0 radical (unpaired) electrons. The van der Waals surface area contributed by atoms with Crippen molar-refractivity contribution in [2.75, 3.05) is 26.2 Å². The minimum absolute atomic E-state index is 0.0935. The largest absolute Gasteiger partial charge is 0.508 e. The number of carbonyl (C=O) groups excluding carboxylic acids is 1. The summed E-state index contributed by atoms with van der Waals surface area (Å²) in [5.41, 5.74) is 0.0624. The summed E-state index contributed by atoms with van der Waals surface area (Å²) in [6.45, 7) is 8.43. The van der Waals surface area contributed by atoms with Gasteiger partial charge in [0.25, 0.3) is 0 Å². The number of phenolic OH excluding ortho intramolecular Hbond substituents is 1. The lowest BCUT2D eigenvalue weighted by atomic mass is 10.1. The van der Waals surface area contributed by atoms with Gasteiger partial charge in [0.15, 0.2) is 0 Å². The lowest BCUT2D eigenvalue weighted by molar-refractivity contribution is 0.0138. The molecule has 0 spiro atoms. The Bertz CT molecular complexity index is 535. The molecule has 1 heterocycles. The molecule has 1 aliphatic heterocycles. The van der Waals surface area contributed by atoms with Crippen LogP contribution in [0.15, 0.2) is 18.2 Å². The highest BCUT2D eigenvalue weighted by molar-refractivity contribution is 5.68. The number of nitrogens with zero attached hydrogens (tertiary/aromatic N) is 2. The highest BCUT2D eigenvalue weighted by Crippen LogP contribution is 2.20. The smallest absolute Gasteiger partial charge is 0.410 e. The van der Waals surface area contributed by atoms with Crippen molar-refractivity contribution in [3.63, 3.8) is 0 Å². The van der Waals surface area contributed by atoms with E-state index < -0.39 is 5.60 Å². The van der Waals surface area contributed by atoms with Crippen LogP contribution in [0.1, 0.15) is 26.3 Å². The van der Waals surface area contributed by atoms with Crippen LogP contribution < -0.4 is 0 Å². The van der Waals surface area contributed by atoms with Gasteiger partial charge in [-0.25, -0.2) is 9.18 Å². The molecule has 0 saturated carbocycles. The number of hydrogen-bond acceptors (Lipinski definition) is 4. The van der Waals surface area contributed by atoms with E-state index in [1.54, 1.807) is 4.90 Å². The van der Waals surface area contributed by atoms with E-state index in [4.69, 9.17) is 4.74 Å². The zero-order chi connectivity index (χ0) is 16.3. The Morgan fingerprint density at radius 1 is 1.27 bits per heavy atom. The first-order valence-electron chi connectivity index (χ1n) is 7.42. The minimum Gasteiger partial charge on any atom is -0.508 e. The normalized spacial score (nSPS) is 16.6. The van der Waals surface area contributed by atoms with Crippen LogP contribution in [0, 0.1) is 5.82 Å².